The smallest absolute Gasteiger partial charge is 0.416 e. The van der Waals surface area contributed by atoms with Crippen molar-refractivity contribution in [2.24, 2.45) is 0 Å². The second-order valence-electron chi connectivity index (χ2n) is 9.94. The van der Waals surface area contributed by atoms with Gasteiger partial charge in [0.15, 0.2) is 0 Å². The van der Waals surface area contributed by atoms with E-state index in [9.17, 15) is 18.0 Å². The molecule has 184 valence electrons. The normalized spacial score (nSPS) is 17.9. The van der Waals surface area contributed by atoms with Crippen LogP contribution < -0.4 is 4.74 Å². The van der Waals surface area contributed by atoms with Crippen molar-refractivity contribution in [2.45, 2.75) is 64.4 Å². The predicted molar refractivity (Wildman–Crippen MR) is 123 cm³/mol. The van der Waals surface area contributed by atoms with E-state index in [1.807, 2.05) is 32.9 Å². The van der Waals surface area contributed by atoms with E-state index in [4.69, 9.17) is 9.47 Å². The summed E-state index contributed by atoms with van der Waals surface area (Å²) in [5, 5.41) is 0. The fourth-order valence-corrected chi connectivity index (χ4v) is 4.58. The first-order valence-electron chi connectivity index (χ1n) is 11.7. The lowest BCUT2D eigenvalue weighted by atomic mass is 9.95. The fourth-order valence-electron chi connectivity index (χ4n) is 4.58. The molecular formula is C26H31F3N2O3. The van der Waals surface area contributed by atoms with Crippen molar-refractivity contribution >= 4 is 6.09 Å². The highest BCUT2D eigenvalue weighted by molar-refractivity contribution is 5.68. The molecule has 1 saturated heterocycles. The number of likely N-dealkylation sites (tertiary alicyclic amines) is 1. The van der Waals surface area contributed by atoms with E-state index in [1.54, 1.807) is 4.90 Å². The number of ether oxygens (including phenoxy) is 2. The van der Waals surface area contributed by atoms with Crippen LogP contribution in [0, 0.1) is 0 Å². The number of alkyl halides is 3. The molecule has 2 heterocycles. The Bertz CT molecular complexity index is 1010. The van der Waals surface area contributed by atoms with E-state index in [1.165, 1.54) is 17.7 Å². The first kappa shape index (κ1) is 24.4. The lowest BCUT2D eigenvalue weighted by Gasteiger charge is -2.41. The molecule has 0 aliphatic carbocycles. The Morgan fingerprint density at radius 3 is 2.26 bits per heavy atom. The van der Waals surface area contributed by atoms with E-state index in [0.717, 1.165) is 50.0 Å². The van der Waals surface area contributed by atoms with Gasteiger partial charge in [-0.3, -0.25) is 4.90 Å². The van der Waals surface area contributed by atoms with E-state index >= 15 is 0 Å². The van der Waals surface area contributed by atoms with Gasteiger partial charge >= 0.3 is 12.3 Å². The summed E-state index contributed by atoms with van der Waals surface area (Å²) in [5.74, 6) is 1.08. The molecule has 0 radical (unpaired) electrons. The first-order valence-corrected chi connectivity index (χ1v) is 11.7. The number of benzene rings is 2. The van der Waals surface area contributed by atoms with Gasteiger partial charge in [0.1, 0.15) is 17.1 Å². The van der Waals surface area contributed by atoms with Gasteiger partial charge in [0.2, 0.25) is 0 Å². The van der Waals surface area contributed by atoms with E-state index in [0.29, 0.717) is 30.6 Å². The number of rotatable bonds is 3. The second-order valence-corrected chi connectivity index (χ2v) is 9.94. The van der Waals surface area contributed by atoms with Gasteiger partial charge in [-0.1, -0.05) is 12.1 Å². The summed E-state index contributed by atoms with van der Waals surface area (Å²) in [4.78, 5) is 16.6. The molecule has 0 spiro atoms. The monoisotopic (exact) mass is 476 g/mol. The third-order valence-electron chi connectivity index (χ3n) is 6.29. The molecule has 2 aliphatic rings. The molecule has 0 bridgehead atoms. The van der Waals surface area contributed by atoms with E-state index < -0.39 is 17.3 Å². The van der Waals surface area contributed by atoms with Crippen molar-refractivity contribution in [3.63, 3.8) is 0 Å². The highest BCUT2D eigenvalue weighted by Gasteiger charge is 2.32. The molecular weight excluding hydrogens is 445 g/mol. The molecule has 0 aromatic heterocycles. The summed E-state index contributed by atoms with van der Waals surface area (Å²) in [7, 11) is 0. The molecule has 1 fully saturated rings. The largest absolute Gasteiger partial charge is 0.457 e. The van der Waals surface area contributed by atoms with Crippen molar-refractivity contribution in [3.8, 4) is 11.5 Å². The molecule has 5 nitrogen and oxygen atoms in total. The molecule has 0 N–H and O–H groups in total. The second kappa shape index (κ2) is 9.49. The Balaban J connectivity index is 1.37. The van der Waals surface area contributed by atoms with Crippen molar-refractivity contribution in [3.05, 3.63) is 59.2 Å². The molecule has 1 amide bonds. The van der Waals surface area contributed by atoms with Crippen LogP contribution in [0.15, 0.2) is 42.5 Å². The Labute approximate surface area is 198 Å². The first-order chi connectivity index (χ1) is 16.0. The molecule has 0 atom stereocenters. The van der Waals surface area contributed by atoms with Crippen molar-refractivity contribution in [2.75, 3.05) is 19.6 Å². The maximum absolute atomic E-state index is 12.8. The summed E-state index contributed by atoms with van der Waals surface area (Å²) in [5.41, 5.74) is 1.09. The van der Waals surface area contributed by atoms with Gasteiger partial charge in [-0.05, 0) is 75.9 Å². The summed E-state index contributed by atoms with van der Waals surface area (Å²) in [6, 6.07) is 11.1. The summed E-state index contributed by atoms with van der Waals surface area (Å²) in [6.45, 7) is 8.64. The van der Waals surface area contributed by atoms with Crippen molar-refractivity contribution < 1.29 is 27.4 Å². The van der Waals surface area contributed by atoms with Gasteiger partial charge in [0.25, 0.3) is 0 Å². The standard InChI is InChI=1S/C26H31F3N2O3/c1-25(2,3)34-24(32)30-14-11-20(12-15-30)31-16-13-22-18(17-31)5-4-6-23(22)33-21-9-7-19(8-10-21)26(27,28)29/h4-10,20H,11-17H2,1-3H3. The maximum Gasteiger partial charge on any atom is 0.416 e. The zero-order valence-corrected chi connectivity index (χ0v) is 19.8. The van der Waals surface area contributed by atoms with E-state index in [-0.39, 0.29) is 6.09 Å². The number of hydrogen-bond donors (Lipinski definition) is 0. The Hall–Kier alpha value is -2.74. The minimum absolute atomic E-state index is 0.250. The lowest BCUT2D eigenvalue weighted by molar-refractivity contribution is -0.137. The molecule has 2 aliphatic heterocycles. The SMILES string of the molecule is CC(C)(C)OC(=O)N1CCC(N2CCc3c(cccc3Oc3ccc(C(F)(F)F)cc3)C2)CC1. The number of carbonyl (C=O) groups is 1. The Morgan fingerprint density at radius 2 is 1.65 bits per heavy atom. The lowest BCUT2D eigenvalue weighted by Crippen LogP contribution is -2.49. The van der Waals surface area contributed by atoms with Gasteiger partial charge in [-0.15, -0.1) is 0 Å². The van der Waals surface area contributed by atoms with Crippen LogP contribution in [-0.4, -0.2) is 47.2 Å². The molecule has 0 saturated carbocycles. The van der Waals surface area contributed by atoms with Gasteiger partial charge in [-0.25, -0.2) is 4.79 Å². The predicted octanol–water partition coefficient (Wildman–Crippen LogP) is 6.26. The summed E-state index contributed by atoms with van der Waals surface area (Å²) >= 11 is 0. The minimum atomic E-state index is -4.36. The molecule has 2 aromatic carbocycles. The number of carbonyl (C=O) groups excluding carboxylic acids is 1. The highest BCUT2D eigenvalue weighted by Crippen LogP contribution is 2.35. The van der Waals surface area contributed by atoms with Crippen LogP contribution in [0.4, 0.5) is 18.0 Å². The topological polar surface area (TPSA) is 42.0 Å². The Morgan fingerprint density at radius 1 is 0.971 bits per heavy atom. The molecule has 8 heteroatoms. The molecule has 0 unspecified atom stereocenters. The number of nitrogens with zero attached hydrogens (tertiary/aromatic N) is 2. The van der Waals surface area contributed by atoms with Crippen LogP contribution in [-0.2, 0) is 23.9 Å². The number of fused-ring (bicyclic) bond motifs is 1. The van der Waals surface area contributed by atoms with Crippen molar-refractivity contribution in [1.82, 2.24) is 9.80 Å². The van der Waals surface area contributed by atoms with Crippen LogP contribution in [0.1, 0.15) is 50.3 Å². The number of halogens is 3. The quantitative estimate of drug-likeness (QED) is 0.525. The molecule has 2 aromatic rings. The summed E-state index contributed by atoms with van der Waals surface area (Å²) < 4.78 is 49.9. The molecule has 34 heavy (non-hydrogen) atoms. The number of hydrogen-bond acceptors (Lipinski definition) is 4. The fraction of sp³-hybridized carbons (Fsp3) is 0.500. The summed E-state index contributed by atoms with van der Waals surface area (Å²) in [6.07, 6.45) is -2.01. The maximum atomic E-state index is 12.8. The zero-order chi connectivity index (χ0) is 24.5. The van der Waals surface area contributed by atoms with Crippen LogP contribution in [0.5, 0.6) is 11.5 Å². The number of amides is 1. The third kappa shape index (κ3) is 5.84. The van der Waals surface area contributed by atoms with Gasteiger partial charge < -0.3 is 14.4 Å². The molecule has 4 rings (SSSR count). The average Bonchev–Trinajstić information content (AvgIpc) is 2.78. The van der Waals surface area contributed by atoms with Crippen LogP contribution in [0.3, 0.4) is 0 Å². The minimum Gasteiger partial charge on any atom is -0.457 e. The average molecular weight is 477 g/mol. The zero-order valence-electron chi connectivity index (χ0n) is 19.8. The number of piperidine rings is 1. The van der Waals surface area contributed by atoms with E-state index in [2.05, 4.69) is 11.0 Å². The van der Waals surface area contributed by atoms with Crippen LogP contribution in [0.25, 0.3) is 0 Å². The van der Waals surface area contributed by atoms with Gasteiger partial charge in [-0.2, -0.15) is 13.2 Å². The third-order valence-corrected chi connectivity index (χ3v) is 6.29. The van der Waals surface area contributed by atoms with Gasteiger partial charge in [0, 0.05) is 37.8 Å². The van der Waals surface area contributed by atoms with Gasteiger partial charge in [0.05, 0.1) is 5.56 Å². The van der Waals surface area contributed by atoms with Crippen molar-refractivity contribution in [1.29, 1.82) is 0 Å². The Kier molecular flexibility index (Phi) is 6.80. The van der Waals surface area contributed by atoms with Crippen LogP contribution in [0.2, 0.25) is 0 Å². The van der Waals surface area contributed by atoms with Crippen LogP contribution >= 0.6 is 0 Å². The highest BCUT2D eigenvalue weighted by atomic mass is 19.4.